The second kappa shape index (κ2) is 4.31. The van der Waals surface area contributed by atoms with Crippen molar-refractivity contribution in [2.24, 2.45) is 23.2 Å². The summed E-state index contributed by atoms with van der Waals surface area (Å²) < 4.78 is 0. The molecule has 2 rings (SSSR count). The van der Waals surface area contributed by atoms with Gasteiger partial charge < -0.3 is 10.0 Å². The summed E-state index contributed by atoms with van der Waals surface area (Å²) in [6, 6.07) is 0. The molecule has 0 unspecified atom stereocenters. The standard InChI is InChI=1S/C14H19NO3/c1-4-7-15(8-9-5-6-9)12(16)10-11(13(17)18)14(10,2)3/h1,9-11H,5-8H2,2-3H3,(H,17,18)/t10-,11+/m1/s1. The van der Waals surface area contributed by atoms with Gasteiger partial charge in [-0.25, -0.2) is 0 Å². The van der Waals surface area contributed by atoms with Gasteiger partial charge in [0, 0.05) is 6.54 Å². The fraction of sp³-hybridized carbons (Fsp3) is 0.714. The summed E-state index contributed by atoms with van der Waals surface area (Å²) in [5.74, 6) is 1.11. The number of nitrogens with zero attached hydrogens (tertiary/aromatic N) is 1. The molecule has 0 spiro atoms. The first kappa shape index (κ1) is 12.9. The third kappa shape index (κ3) is 2.22. The van der Waals surface area contributed by atoms with E-state index in [4.69, 9.17) is 11.5 Å². The van der Waals surface area contributed by atoms with Crippen molar-refractivity contribution in [3.05, 3.63) is 0 Å². The molecule has 0 heterocycles. The van der Waals surface area contributed by atoms with Crippen LogP contribution in [0, 0.1) is 35.5 Å². The van der Waals surface area contributed by atoms with E-state index in [0.29, 0.717) is 12.5 Å². The second-order valence-electron chi connectivity index (χ2n) is 5.98. The van der Waals surface area contributed by atoms with Gasteiger partial charge in [0.25, 0.3) is 0 Å². The van der Waals surface area contributed by atoms with Crippen LogP contribution < -0.4 is 0 Å². The van der Waals surface area contributed by atoms with Crippen molar-refractivity contribution in [3.8, 4) is 12.3 Å². The van der Waals surface area contributed by atoms with Crippen molar-refractivity contribution < 1.29 is 14.7 Å². The zero-order chi connectivity index (χ0) is 13.5. The van der Waals surface area contributed by atoms with Crippen LogP contribution in [0.1, 0.15) is 26.7 Å². The van der Waals surface area contributed by atoms with E-state index in [1.165, 1.54) is 0 Å². The van der Waals surface area contributed by atoms with Gasteiger partial charge in [-0.2, -0.15) is 0 Å². The molecule has 0 saturated heterocycles. The van der Waals surface area contributed by atoms with Gasteiger partial charge in [-0.05, 0) is 24.2 Å². The van der Waals surface area contributed by atoms with E-state index in [9.17, 15) is 9.59 Å². The van der Waals surface area contributed by atoms with Gasteiger partial charge in [0.05, 0.1) is 18.4 Å². The highest BCUT2D eigenvalue weighted by Crippen LogP contribution is 2.59. The van der Waals surface area contributed by atoms with Crippen LogP contribution in [0.25, 0.3) is 0 Å². The van der Waals surface area contributed by atoms with Crippen LogP contribution in [0.5, 0.6) is 0 Å². The summed E-state index contributed by atoms with van der Waals surface area (Å²) in [5.41, 5.74) is -0.445. The predicted octanol–water partition coefficient (Wildman–Crippen LogP) is 1.21. The Morgan fingerprint density at radius 2 is 2.00 bits per heavy atom. The lowest BCUT2D eigenvalue weighted by Gasteiger charge is -2.20. The molecule has 2 fully saturated rings. The molecule has 1 amide bonds. The number of rotatable bonds is 5. The van der Waals surface area contributed by atoms with E-state index in [-0.39, 0.29) is 12.5 Å². The third-order valence-corrected chi connectivity index (χ3v) is 4.13. The minimum Gasteiger partial charge on any atom is -0.481 e. The summed E-state index contributed by atoms with van der Waals surface area (Å²) in [5, 5.41) is 9.10. The van der Waals surface area contributed by atoms with Crippen molar-refractivity contribution in [1.29, 1.82) is 0 Å². The SMILES string of the molecule is C#CCN(CC1CC1)C(=O)[C@H]1[C@@H](C(=O)O)C1(C)C. The summed E-state index contributed by atoms with van der Waals surface area (Å²) in [4.78, 5) is 25.1. The molecule has 0 aliphatic heterocycles. The van der Waals surface area contributed by atoms with Crippen LogP contribution in [-0.2, 0) is 9.59 Å². The minimum atomic E-state index is -0.884. The zero-order valence-corrected chi connectivity index (χ0v) is 10.8. The number of hydrogen-bond donors (Lipinski definition) is 1. The number of terminal acetylenes is 1. The van der Waals surface area contributed by atoms with Crippen molar-refractivity contribution in [2.45, 2.75) is 26.7 Å². The monoisotopic (exact) mass is 249 g/mol. The largest absolute Gasteiger partial charge is 0.481 e. The first-order valence-corrected chi connectivity index (χ1v) is 6.34. The number of carboxylic acids is 1. The van der Waals surface area contributed by atoms with Crippen LogP contribution >= 0.6 is 0 Å². The van der Waals surface area contributed by atoms with Crippen LogP contribution in [0.3, 0.4) is 0 Å². The lowest BCUT2D eigenvalue weighted by Crippen LogP contribution is -2.35. The molecule has 98 valence electrons. The molecule has 0 aromatic heterocycles. The van der Waals surface area contributed by atoms with Gasteiger partial charge in [0.2, 0.25) is 5.91 Å². The van der Waals surface area contributed by atoms with Crippen LogP contribution in [0.15, 0.2) is 0 Å². The second-order valence-corrected chi connectivity index (χ2v) is 5.98. The van der Waals surface area contributed by atoms with Crippen molar-refractivity contribution in [1.82, 2.24) is 4.90 Å². The summed E-state index contributed by atoms with van der Waals surface area (Å²) >= 11 is 0. The Morgan fingerprint density at radius 3 is 2.39 bits per heavy atom. The minimum absolute atomic E-state index is 0.0859. The Bertz CT molecular complexity index is 417. The fourth-order valence-corrected chi connectivity index (χ4v) is 2.71. The lowest BCUT2D eigenvalue weighted by atomic mass is 10.1. The molecule has 1 N–H and O–H groups in total. The van der Waals surface area contributed by atoms with E-state index in [1.54, 1.807) is 4.90 Å². The van der Waals surface area contributed by atoms with E-state index >= 15 is 0 Å². The zero-order valence-electron chi connectivity index (χ0n) is 10.8. The molecule has 0 radical (unpaired) electrons. The van der Waals surface area contributed by atoms with Crippen molar-refractivity contribution in [2.75, 3.05) is 13.1 Å². The Balaban J connectivity index is 2.05. The summed E-state index contributed by atoms with van der Waals surface area (Å²) in [6.07, 6.45) is 7.57. The van der Waals surface area contributed by atoms with E-state index in [2.05, 4.69) is 5.92 Å². The number of carbonyl (C=O) groups excluding carboxylic acids is 1. The average molecular weight is 249 g/mol. The molecule has 0 aromatic carbocycles. The Hall–Kier alpha value is -1.50. The molecule has 2 aliphatic rings. The number of hydrogen-bond acceptors (Lipinski definition) is 2. The summed E-state index contributed by atoms with van der Waals surface area (Å²) in [7, 11) is 0. The van der Waals surface area contributed by atoms with Crippen LogP contribution in [0.2, 0.25) is 0 Å². The quantitative estimate of drug-likeness (QED) is 0.745. The van der Waals surface area contributed by atoms with Crippen molar-refractivity contribution >= 4 is 11.9 Å². The van der Waals surface area contributed by atoms with Gasteiger partial charge >= 0.3 is 5.97 Å². The van der Waals surface area contributed by atoms with Gasteiger partial charge in [-0.15, -0.1) is 6.42 Å². The van der Waals surface area contributed by atoms with E-state index in [0.717, 1.165) is 12.8 Å². The predicted molar refractivity (Wildman–Crippen MR) is 66.5 cm³/mol. The van der Waals surface area contributed by atoms with Crippen LogP contribution in [0.4, 0.5) is 0 Å². The average Bonchev–Trinajstić information content (AvgIpc) is 3.14. The molecular formula is C14H19NO3. The number of aliphatic carboxylic acids is 1. The molecule has 0 aromatic rings. The molecule has 4 nitrogen and oxygen atoms in total. The highest BCUT2D eigenvalue weighted by Gasteiger charge is 2.66. The maximum absolute atomic E-state index is 12.4. The van der Waals surface area contributed by atoms with Crippen LogP contribution in [-0.4, -0.2) is 35.0 Å². The third-order valence-electron chi connectivity index (χ3n) is 4.13. The maximum Gasteiger partial charge on any atom is 0.307 e. The molecule has 2 atom stereocenters. The van der Waals surface area contributed by atoms with Gasteiger partial charge in [0.15, 0.2) is 0 Å². The molecule has 2 saturated carbocycles. The fourth-order valence-electron chi connectivity index (χ4n) is 2.71. The molecular weight excluding hydrogens is 230 g/mol. The van der Waals surface area contributed by atoms with E-state index < -0.39 is 23.2 Å². The Labute approximate surface area is 107 Å². The highest BCUT2D eigenvalue weighted by atomic mass is 16.4. The topological polar surface area (TPSA) is 57.6 Å². The van der Waals surface area contributed by atoms with Gasteiger partial charge in [0.1, 0.15) is 0 Å². The normalized spacial score (nSPS) is 28.3. The first-order chi connectivity index (χ1) is 8.39. The molecule has 2 aliphatic carbocycles. The smallest absolute Gasteiger partial charge is 0.307 e. The van der Waals surface area contributed by atoms with Gasteiger partial charge in [-0.1, -0.05) is 19.8 Å². The highest BCUT2D eigenvalue weighted by molar-refractivity contribution is 5.91. The molecule has 18 heavy (non-hydrogen) atoms. The number of carboxylic acid groups (broad SMARTS) is 1. The van der Waals surface area contributed by atoms with E-state index in [1.807, 2.05) is 13.8 Å². The first-order valence-electron chi connectivity index (χ1n) is 6.34. The lowest BCUT2D eigenvalue weighted by molar-refractivity contribution is -0.142. The van der Waals surface area contributed by atoms with Gasteiger partial charge in [-0.3, -0.25) is 9.59 Å². The maximum atomic E-state index is 12.4. The van der Waals surface area contributed by atoms with Crippen molar-refractivity contribution in [3.63, 3.8) is 0 Å². The number of amides is 1. The molecule has 4 heteroatoms. The molecule has 0 bridgehead atoms. The summed E-state index contributed by atoms with van der Waals surface area (Å²) in [6.45, 7) is 4.63. The Morgan fingerprint density at radius 1 is 1.39 bits per heavy atom. The Kier molecular flexibility index (Phi) is 3.10. The number of carbonyl (C=O) groups is 2.